The predicted octanol–water partition coefficient (Wildman–Crippen LogP) is 2.52. The van der Waals surface area contributed by atoms with Crippen molar-refractivity contribution in [3.05, 3.63) is 43.0 Å². The molecule has 0 fully saturated rings. The third kappa shape index (κ3) is 2.92. The number of hydrogen-bond acceptors (Lipinski definition) is 2. The van der Waals surface area contributed by atoms with E-state index in [4.69, 9.17) is 4.74 Å². The van der Waals surface area contributed by atoms with Crippen LogP contribution in [0.25, 0.3) is 6.08 Å². The second-order valence-corrected chi connectivity index (χ2v) is 2.52. The number of hydrogen-bond donors (Lipinski definition) is 0. The maximum Gasteiger partial charge on any atom is 0.126 e. The van der Waals surface area contributed by atoms with E-state index < -0.39 is 0 Å². The van der Waals surface area contributed by atoms with Crippen LogP contribution in [0.4, 0.5) is 0 Å². The van der Waals surface area contributed by atoms with Crippen LogP contribution in [0, 0.1) is 7.11 Å². The Morgan fingerprint density at radius 1 is 1.38 bits per heavy atom. The van der Waals surface area contributed by atoms with E-state index in [0.29, 0.717) is 6.61 Å². The molecule has 2 heteroatoms. The first-order chi connectivity index (χ1) is 6.38. The highest BCUT2D eigenvalue weighted by Gasteiger charge is 1.95. The normalized spacial score (nSPS) is 10.6. The van der Waals surface area contributed by atoms with Crippen molar-refractivity contribution in [1.82, 2.24) is 0 Å². The zero-order chi connectivity index (χ0) is 9.52. The Morgan fingerprint density at radius 3 is 2.85 bits per heavy atom. The predicted molar refractivity (Wildman–Crippen MR) is 53.3 cm³/mol. The summed E-state index contributed by atoms with van der Waals surface area (Å²) in [7, 11) is 4.93. The van der Waals surface area contributed by atoms with Gasteiger partial charge in [-0.2, -0.15) is 0 Å². The summed E-state index contributed by atoms with van der Waals surface area (Å²) in [5.74, 6) is 0.864. The smallest absolute Gasteiger partial charge is 0.126 e. The van der Waals surface area contributed by atoms with Gasteiger partial charge in [0.1, 0.15) is 5.75 Å². The van der Waals surface area contributed by atoms with Crippen LogP contribution in [0.3, 0.4) is 0 Å². The molecule has 69 valence electrons. The number of benzene rings is 1. The first-order valence-corrected chi connectivity index (χ1v) is 4.05. The topological polar surface area (TPSA) is 18.5 Å². The molecule has 1 aromatic rings. The summed E-state index contributed by atoms with van der Waals surface area (Å²) < 4.78 is 9.83. The molecule has 1 rings (SSSR count). The van der Waals surface area contributed by atoms with Gasteiger partial charge in [0.15, 0.2) is 0 Å². The van der Waals surface area contributed by atoms with Crippen LogP contribution in [0.15, 0.2) is 30.3 Å². The molecule has 0 aliphatic carbocycles. The van der Waals surface area contributed by atoms with Crippen molar-refractivity contribution in [3.8, 4) is 5.75 Å². The van der Waals surface area contributed by atoms with E-state index in [1.807, 2.05) is 36.4 Å². The maximum atomic E-state index is 5.17. The third-order valence-corrected chi connectivity index (χ3v) is 1.65. The lowest BCUT2D eigenvalue weighted by atomic mass is 10.2. The Bertz CT molecular complexity index is 279. The fourth-order valence-electron chi connectivity index (χ4n) is 1.05. The van der Waals surface area contributed by atoms with E-state index in [2.05, 4.69) is 11.8 Å². The molecule has 0 aromatic heterocycles. The molecule has 0 bridgehead atoms. The minimum Gasteiger partial charge on any atom is -0.496 e. The summed E-state index contributed by atoms with van der Waals surface area (Å²) in [6, 6.07) is 7.81. The largest absolute Gasteiger partial charge is 0.496 e. The highest BCUT2D eigenvalue weighted by molar-refractivity contribution is 5.57. The van der Waals surface area contributed by atoms with Gasteiger partial charge in [0.05, 0.1) is 20.8 Å². The standard InChI is InChI=1S/C11H13O2/c1-12-9-5-7-10-6-3-4-8-11(10)13-2/h3-8H,1,9H2,2H3/b7-5+. The van der Waals surface area contributed by atoms with Crippen LogP contribution in [0.1, 0.15) is 5.56 Å². The van der Waals surface area contributed by atoms with Crippen molar-refractivity contribution in [2.45, 2.75) is 0 Å². The fraction of sp³-hybridized carbons (Fsp3) is 0.182. The first-order valence-electron chi connectivity index (χ1n) is 4.05. The van der Waals surface area contributed by atoms with Crippen molar-refractivity contribution < 1.29 is 9.47 Å². The average molecular weight is 177 g/mol. The Morgan fingerprint density at radius 2 is 2.15 bits per heavy atom. The highest BCUT2D eigenvalue weighted by Crippen LogP contribution is 2.18. The molecule has 0 aliphatic rings. The number of para-hydroxylation sites is 1. The molecule has 2 nitrogen and oxygen atoms in total. The quantitative estimate of drug-likeness (QED) is 0.703. The van der Waals surface area contributed by atoms with Gasteiger partial charge < -0.3 is 9.47 Å². The van der Waals surface area contributed by atoms with Gasteiger partial charge in [0, 0.05) is 5.56 Å². The molecule has 0 heterocycles. The molecule has 1 aromatic carbocycles. The minimum atomic E-state index is 0.512. The van der Waals surface area contributed by atoms with Crippen LogP contribution in [-0.2, 0) is 4.74 Å². The van der Waals surface area contributed by atoms with Gasteiger partial charge in [-0.05, 0) is 6.07 Å². The Kier molecular flexibility index (Phi) is 4.06. The van der Waals surface area contributed by atoms with Gasteiger partial charge in [-0.15, -0.1) is 0 Å². The van der Waals surface area contributed by atoms with Crippen LogP contribution in [0.5, 0.6) is 5.75 Å². The number of rotatable bonds is 4. The summed E-state index contributed by atoms with van der Waals surface area (Å²) in [4.78, 5) is 0. The lowest BCUT2D eigenvalue weighted by molar-refractivity contribution is 0.282. The third-order valence-electron chi connectivity index (χ3n) is 1.65. The van der Waals surface area contributed by atoms with Gasteiger partial charge in [-0.1, -0.05) is 30.4 Å². The van der Waals surface area contributed by atoms with E-state index in [1.54, 1.807) is 7.11 Å². The lowest BCUT2D eigenvalue weighted by Gasteiger charge is -2.02. The van der Waals surface area contributed by atoms with Crippen molar-refractivity contribution in [1.29, 1.82) is 0 Å². The lowest BCUT2D eigenvalue weighted by Crippen LogP contribution is -1.86. The van der Waals surface area contributed by atoms with E-state index in [1.165, 1.54) is 0 Å². The molecule has 0 N–H and O–H groups in total. The maximum absolute atomic E-state index is 5.17. The molecule has 1 radical (unpaired) electrons. The monoisotopic (exact) mass is 177 g/mol. The Hall–Kier alpha value is -1.28. The van der Waals surface area contributed by atoms with Crippen LogP contribution in [-0.4, -0.2) is 13.7 Å². The zero-order valence-electron chi connectivity index (χ0n) is 7.69. The van der Waals surface area contributed by atoms with Gasteiger partial charge >= 0.3 is 0 Å². The molecule has 13 heavy (non-hydrogen) atoms. The van der Waals surface area contributed by atoms with Gasteiger partial charge in [-0.25, -0.2) is 0 Å². The Labute approximate surface area is 78.8 Å². The molecule has 0 atom stereocenters. The van der Waals surface area contributed by atoms with E-state index >= 15 is 0 Å². The van der Waals surface area contributed by atoms with Gasteiger partial charge in [0.25, 0.3) is 0 Å². The summed E-state index contributed by atoms with van der Waals surface area (Å²) in [6.45, 7) is 0.512. The molecule has 0 saturated heterocycles. The molecule has 0 unspecified atom stereocenters. The zero-order valence-corrected chi connectivity index (χ0v) is 7.69. The molecular weight excluding hydrogens is 164 g/mol. The molecule has 0 saturated carbocycles. The number of methoxy groups -OCH3 is 1. The second-order valence-electron chi connectivity index (χ2n) is 2.52. The summed E-state index contributed by atoms with van der Waals surface area (Å²) >= 11 is 0. The van der Waals surface area contributed by atoms with Crippen LogP contribution in [0.2, 0.25) is 0 Å². The van der Waals surface area contributed by atoms with E-state index in [9.17, 15) is 0 Å². The van der Waals surface area contributed by atoms with E-state index in [-0.39, 0.29) is 0 Å². The van der Waals surface area contributed by atoms with Crippen LogP contribution >= 0.6 is 0 Å². The van der Waals surface area contributed by atoms with Crippen molar-refractivity contribution >= 4 is 6.08 Å². The molecular formula is C11H13O2. The highest BCUT2D eigenvalue weighted by atomic mass is 16.5. The van der Waals surface area contributed by atoms with Crippen molar-refractivity contribution in [2.24, 2.45) is 0 Å². The summed E-state index contributed by atoms with van der Waals surface area (Å²) in [5.41, 5.74) is 1.04. The molecule has 0 aliphatic heterocycles. The molecule has 0 amide bonds. The second kappa shape index (κ2) is 5.38. The van der Waals surface area contributed by atoms with Crippen molar-refractivity contribution in [2.75, 3.05) is 13.7 Å². The fourth-order valence-corrected chi connectivity index (χ4v) is 1.05. The average Bonchev–Trinajstić information content (AvgIpc) is 2.19. The number of ether oxygens (including phenoxy) is 2. The van der Waals surface area contributed by atoms with Gasteiger partial charge in [0.2, 0.25) is 0 Å². The van der Waals surface area contributed by atoms with Crippen LogP contribution < -0.4 is 4.74 Å². The summed E-state index contributed by atoms with van der Waals surface area (Å²) in [5, 5.41) is 0. The molecule has 0 spiro atoms. The van der Waals surface area contributed by atoms with Crippen molar-refractivity contribution in [3.63, 3.8) is 0 Å². The first kappa shape index (κ1) is 9.81. The SMILES string of the molecule is [CH2]OC/C=C/c1ccccc1OC. The minimum absolute atomic E-state index is 0.512. The summed E-state index contributed by atoms with van der Waals surface area (Å²) in [6.07, 6.45) is 3.84. The van der Waals surface area contributed by atoms with E-state index in [0.717, 1.165) is 11.3 Å². The Balaban J connectivity index is 2.74. The van der Waals surface area contributed by atoms with Gasteiger partial charge in [-0.3, -0.25) is 0 Å².